The van der Waals surface area contributed by atoms with Crippen molar-refractivity contribution < 1.29 is 0 Å². The molecule has 0 nitrogen and oxygen atoms in total. The van der Waals surface area contributed by atoms with Gasteiger partial charge in [-0.2, -0.15) is 0 Å². The van der Waals surface area contributed by atoms with Crippen molar-refractivity contribution in [1.29, 1.82) is 0 Å². The van der Waals surface area contributed by atoms with Crippen molar-refractivity contribution in [3.05, 3.63) is 0 Å². The van der Waals surface area contributed by atoms with Gasteiger partial charge in [-0.3, -0.25) is 0 Å². The van der Waals surface area contributed by atoms with E-state index < -0.39 is 0 Å². The van der Waals surface area contributed by atoms with Crippen LogP contribution in [-0.2, 0) is 0 Å². The summed E-state index contributed by atoms with van der Waals surface area (Å²) in [5, 5.41) is 0.387. The third kappa shape index (κ3) is 7.52. The number of hydrogen-bond acceptors (Lipinski definition) is 0. The van der Waals surface area contributed by atoms with Crippen LogP contribution in [0.25, 0.3) is 0 Å². The fraction of sp³-hybridized carbons (Fsp3) is 1.00. The predicted octanol–water partition coefficient (Wildman–Crippen LogP) is 4.41. The van der Waals surface area contributed by atoms with Gasteiger partial charge in [-0.15, -0.1) is 34.8 Å². The average molecular weight is 232 g/mol. The molecule has 0 amide bonds. The molecule has 2 atom stereocenters. The zero-order chi connectivity index (χ0) is 9.40. The maximum absolute atomic E-state index is 6.06. The Morgan fingerprint density at radius 1 is 1.08 bits per heavy atom. The lowest BCUT2D eigenvalue weighted by atomic mass is 10.1. The minimum atomic E-state index is 0.154. The van der Waals surface area contributed by atoms with Gasteiger partial charge in [0, 0.05) is 16.6 Å². The molecule has 0 rings (SSSR count). The van der Waals surface area contributed by atoms with Gasteiger partial charge in [-0.05, 0) is 19.3 Å². The van der Waals surface area contributed by atoms with Crippen LogP contribution in [0.5, 0.6) is 0 Å². The van der Waals surface area contributed by atoms with Crippen LogP contribution in [0, 0.1) is 0 Å². The maximum atomic E-state index is 6.06. The lowest BCUT2D eigenvalue weighted by Crippen LogP contribution is -2.09. The Balaban J connectivity index is 3.33. The van der Waals surface area contributed by atoms with E-state index in [0.717, 1.165) is 19.3 Å². The number of halogens is 3. The minimum absolute atomic E-state index is 0.154. The van der Waals surface area contributed by atoms with Crippen molar-refractivity contribution >= 4 is 34.8 Å². The van der Waals surface area contributed by atoms with E-state index in [4.69, 9.17) is 34.8 Å². The standard InChI is InChI=1S/C9H17Cl3/c1-2-3-4-8(11)7-9(12)5-6-10/h8-9H,2-7H2,1H3. The zero-order valence-electron chi connectivity index (χ0n) is 7.53. The van der Waals surface area contributed by atoms with Crippen LogP contribution in [-0.4, -0.2) is 16.6 Å². The van der Waals surface area contributed by atoms with Crippen LogP contribution in [0.2, 0.25) is 0 Å². The van der Waals surface area contributed by atoms with Crippen molar-refractivity contribution in [2.75, 3.05) is 5.88 Å². The molecule has 0 aromatic rings. The highest BCUT2D eigenvalue weighted by Gasteiger charge is 2.10. The summed E-state index contributed by atoms with van der Waals surface area (Å²) in [7, 11) is 0. The summed E-state index contributed by atoms with van der Waals surface area (Å²) in [5.74, 6) is 0.631. The first-order valence-electron chi connectivity index (χ1n) is 4.54. The first-order valence-corrected chi connectivity index (χ1v) is 5.95. The SMILES string of the molecule is CCCCC(Cl)CC(Cl)CCCl. The third-order valence-electron chi connectivity index (χ3n) is 1.80. The highest BCUT2D eigenvalue weighted by Crippen LogP contribution is 2.18. The van der Waals surface area contributed by atoms with Crippen LogP contribution in [0.1, 0.15) is 39.0 Å². The molecule has 0 aromatic heterocycles. The molecule has 0 spiro atoms. The maximum Gasteiger partial charge on any atom is 0.0361 e. The summed E-state index contributed by atoms with van der Waals surface area (Å²) in [6.45, 7) is 2.17. The molecular weight excluding hydrogens is 214 g/mol. The van der Waals surface area contributed by atoms with Crippen molar-refractivity contribution in [1.82, 2.24) is 0 Å². The summed E-state index contributed by atoms with van der Waals surface area (Å²) in [6, 6.07) is 0. The Kier molecular flexibility index (Phi) is 9.08. The fourth-order valence-electron chi connectivity index (χ4n) is 1.06. The lowest BCUT2D eigenvalue weighted by molar-refractivity contribution is 0.615. The second-order valence-electron chi connectivity index (χ2n) is 3.05. The molecule has 0 radical (unpaired) electrons. The van der Waals surface area contributed by atoms with E-state index in [1.807, 2.05) is 0 Å². The van der Waals surface area contributed by atoms with Gasteiger partial charge in [0.15, 0.2) is 0 Å². The van der Waals surface area contributed by atoms with E-state index in [1.165, 1.54) is 12.8 Å². The van der Waals surface area contributed by atoms with Crippen LogP contribution >= 0.6 is 34.8 Å². The molecule has 74 valence electrons. The Bertz CT molecular complexity index is 95.8. The molecule has 0 bridgehead atoms. The Morgan fingerprint density at radius 2 is 1.67 bits per heavy atom. The smallest absolute Gasteiger partial charge is 0.0361 e. The van der Waals surface area contributed by atoms with Gasteiger partial charge in [0.2, 0.25) is 0 Å². The second kappa shape index (κ2) is 8.47. The van der Waals surface area contributed by atoms with Crippen LogP contribution in [0.15, 0.2) is 0 Å². The Morgan fingerprint density at radius 3 is 2.17 bits per heavy atom. The Hall–Kier alpha value is 0.870. The molecular formula is C9H17Cl3. The monoisotopic (exact) mass is 230 g/mol. The molecule has 0 aliphatic carbocycles. The summed E-state index contributed by atoms with van der Waals surface area (Å²) < 4.78 is 0. The zero-order valence-corrected chi connectivity index (χ0v) is 9.80. The highest BCUT2D eigenvalue weighted by atomic mass is 35.5. The van der Waals surface area contributed by atoms with Gasteiger partial charge >= 0.3 is 0 Å². The molecule has 2 unspecified atom stereocenters. The van der Waals surface area contributed by atoms with Crippen molar-refractivity contribution in [3.8, 4) is 0 Å². The van der Waals surface area contributed by atoms with Crippen LogP contribution in [0.4, 0.5) is 0 Å². The molecule has 0 aliphatic heterocycles. The first kappa shape index (κ1) is 12.9. The number of rotatable bonds is 7. The van der Waals surface area contributed by atoms with Gasteiger partial charge in [-0.25, -0.2) is 0 Å². The van der Waals surface area contributed by atoms with E-state index in [-0.39, 0.29) is 10.8 Å². The normalized spacial score (nSPS) is 16.0. The van der Waals surface area contributed by atoms with Gasteiger partial charge in [0.25, 0.3) is 0 Å². The number of hydrogen-bond donors (Lipinski definition) is 0. The highest BCUT2D eigenvalue weighted by molar-refractivity contribution is 6.24. The van der Waals surface area contributed by atoms with Crippen LogP contribution < -0.4 is 0 Å². The van der Waals surface area contributed by atoms with E-state index in [9.17, 15) is 0 Å². The average Bonchev–Trinajstić information content (AvgIpc) is 2.01. The van der Waals surface area contributed by atoms with E-state index in [2.05, 4.69) is 6.92 Å². The molecule has 0 saturated carbocycles. The summed E-state index contributed by atoms with van der Waals surface area (Å²) in [6.07, 6.45) is 5.21. The topological polar surface area (TPSA) is 0 Å². The van der Waals surface area contributed by atoms with E-state index in [0.29, 0.717) is 5.88 Å². The van der Waals surface area contributed by atoms with Gasteiger partial charge in [0.05, 0.1) is 0 Å². The quantitative estimate of drug-likeness (QED) is 0.570. The molecule has 0 N–H and O–H groups in total. The van der Waals surface area contributed by atoms with Crippen molar-refractivity contribution in [2.24, 2.45) is 0 Å². The molecule has 0 aliphatic rings. The minimum Gasteiger partial charge on any atom is -0.127 e. The molecule has 0 heterocycles. The summed E-state index contributed by atoms with van der Waals surface area (Å²) >= 11 is 17.6. The largest absolute Gasteiger partial charge is 0.127 e. The third-order valence-corrected chi connectivity index (χ3v) is 2.82. The summed E-state index contributed by atoms with van der Waals surface area (Å²) in [4.78, 5) is 0. The second-order valence-corrected chi connectivity index (χ2v) is 4.66. The molecule has 0 fully saturated rings. The molecule has 12 heavy (non-hydrogen) atoms. The first-order chi connectivity index (χ1) is 5.70. The van der Waals surface area contributed by atoms with Gasteiger partial charge in [0.1, 0.15) is 0 Å². The predicted molar refractivity (Wildman–Crippen MR) is 58.8 cm³/mol. The van der Waals surface area contributed by atoms with Crippen LogP contribution in [0.3, 0.4) is 0 Å². The van der Waals surface area contributed by atoms with E-state index in [1.54, 1.807) is 0 Å². The van der Waals surface area contributed by atoms with Gasteiger partial charge in [-0.1, -0.05) is 19.8 Å². The molecule has 0 aromatic carbocycles. The number of alkyl halides is 3. The van der Waals surface area contributed by atoms with E-state index >= 15 is 0 Å². The molecule has 0 saturated heterocycles. The van der Waals surface area contributed by atoms with Gasteiger partial charge < -0.3 is 0 Å². The number of unbranched alkanes of at least 4 members (excludes halogenated alkanes) is 1. The fourth-order valence-corrected chi connectivity index (χ4v) is 2.22. The molecule has 3 heteroatoms. The van der Waals surface area contributed by atoms with Crippen molar-refractivity contribution in [3.63, 3.8) is 0 Å². The Labute approximate surface area is 90.6 Å². The lowest BCUT2D eigenvalue weighted by Gasteiger charge is -2.12. The summed E-state index contributed by atoms with van der Waals surface area (Å²) in [5.41, 5.74) is 0. The van der Waals surface area contributed by atoms with Crippen molar-refractivity contribution in [2.45, 2.75) is 49.8 Å².